The van der Waals surface area contributed by atoms with Gasteiger partial charge in [0, 0.05) is 41.4 Å². The third-order valence-electron chi connectivity index (χ3n) is 5.81. The number of anilines is 2. The van der Waals surface area contributed by atoms with Gasteiger partial charge < -0.3 is 24.2 Å². The van der Waals surface area contributed by atoms with Crippen molar-refractivity contribution in [2.24, 2.45) is 5.92 Å². The summed E-state index contributed by atoms with van der Waals surface area (Å²) in [6.45, 7) is 7.30. The molecule has 0 saturated carbocycles. The lowest BCUT2D eigenvalue weighted by molar-refractivity contribution is -0.122. The molecule has 1 aromatic heterocycles. The monoisotopic (exact) mass is 462 g/mol. The van der Waals surface area contributed by atoms with Gasteiger partial charge in [-0.2, -0.15) is 4.98 Å². The van der Waals surface area contributed by atoms with Crippen LogP contribution in [0.2, 0.25) is 0 Å². The van der Waals surface area contributed by atoms with Crippen LogP contribution >= 0.6 is 0 Å². The zero-order valence-corrected chi connectivity index (χ0v) is 19.3. The van der Waals surface area contributed by atoms with E-state index in [4.69, 9.17) is 14.0 Å². The third kappa shape index (κ3) is 4.33. The zero-order valence-electron chi connectivity index (χ0n) is 19.3. The van der Waals surface area contributed by atoms with Crippen molar-refractivity contribution in [1.29, 1.82) is 0 Å². The number of nitrogens with one attached hydrogen (secondary N) is 1. The fraction of sp³-hybridized carbons (Fsp3) is 0.360. The van der Waals surface area contributed by atoms with Gasteiger partial charge in [0.1, 0.15) is 13.2 Å². The average Bonchev–Trinajstić information content (AvgIpc) is 3.47. The van der Waals surface area contributed by atoms with Crippen molar-refractivity contribution < 1.29 is 23.6 Å². The minimum absolute atomic E-state index is 0.0982. The number of hydrogen-bond acceptors (Lipinski definition) is 7. The molecular weight excluding hydrogens is 436 g/mol. The number of ether oxygens (including phenoxy) is 2. The van der Waals surface area contributed by atoms with E-state index in [9.17, 15) is 9.59 Å². The third-order valence-corrected chi connectivity index (χ3v) is 5.81. The standard InChI is InChI=1S/C25H26N4O5/c1-25(2,3)24-27-22(28-34-24)15-4-6-17(7-5-15)26-23(31)16-12-21(30)29(14-16)18-8-9-19-20(13-18)33-11-10-32-19/h4-9,13,16H,10-12,14H2,1-3H3,(H,26,31). The molecule has 5 rings (SSSR count). The summed E-state index contributed by atoms with van der Waals surface area (Å²) in [5, 5.41) is 6.95. The van der Waals surface area contributed by atoms with Gasteiger partial charge in [-0.05, 0) is 36.4 Å². The molecule has 0 radical (unpaired) electrons. The zero-order chi connectivity index (χ0) is 23.9. The molecule has 1 atom stereocenters. The van der Waals surface area contributed by atoms with Gasteiger partial charge in [-0.15, -0.1) is 0 Å². The van der Waals surface area contributed by atoms with Crippen LogP contribution in [-0.2, 0) is 15.0 Å². The molecule has 34 heavy (non-hydrogen) atoms. The van der Waals surface area contributed by atoms with Crippen LogP contribution in [0.4, 0.5) is 11.4 Å². The number of carbonyl (C=O) groups is 2. The van der Waals surface area contributed by atoms with Gasteiger partial charge in [-0.25, -0.2) is 0 Å². The van der Waals surface area contributed by atoms with E-state index in [0.29, 0.717) is 54.3 Å². The molecule has 0 spiro atoms. The molecule has 2 aromatic carbocycles. The summed E-state index contributed by atoms with van der Waals surface area (Å²) in [5.74, 6) is 1.59. The van der Waals surface area contributed by atoms with Gasteiger partial charge in [0.15, 0.2) is 11.5 Å². The molecule has 0 bridgehead atoms. The highest BCUT2D eigenvalue weighted by Gasteiger charge is 2.35. The predicted octanol–water partition coefficient (Wildman–Crippen LogP) is 3.80. The molecule has 1 saturated heterocycles. The normalized spacial score (nSPS) is 17.7. The predicted molar refractivity (Wildman–Crippen MR) is 125 cm³/mol. The maximum absolute atomic E-state index is 12.9. The molecule has 3 aromatic rings. The number of rotatable bonds is 4. The Morgan fingerprint density at radius 2 is 1.79 bits per heavy atom. The Labute approximate surface area is 197 Å². The molecule has 3 heterocycles. The highest BCUT2D eigenvalue weighted by molar-refractivity contribution is 6.03. The molecule has 2 aliphatic rings. The highest BCUT2D eigenvalue weighted by Crippen LogP contribution is 2.36. The van der Waals surface area contributed by atoms with Crippen molar-refractivity contribution in [3.05, 3.63) is 48.4 Å². The number of nitrogens with zero attached hydrogens (tertiary/aromatic N) is 3. The van der Waals surface area contributed by atoms with Crippen LogP contribution in [0.5, 0.6) is 11.5 Å². The molecule has 9 nitrogen and oxygen atoms in total. The summed E-state index contributed by atoms with van der Waals surface area (Å²) in [4.78, 5) is 31.6. The van der Waals surface area contributed by atoms with Gasteiger partial charge in [0.25, 0.3) is 0 Å². The van der Waals surface area contributed by atoms with Crippen molar-refractivity contribution in [1.82, 2.24) is 10.1 Å². The van der Waals surface area contributed by atoms with Gasteiger partial charge >= 0.3 is 0 Å². The largest absolute Gasteiger partial charge is 0.486 e. The lowest BCUT2D eigenvalue weighted by Gasteiger charge is -2.22. The molecule has 1 unspecified atom stereocenters. The van der Waals surface area contributed by atoms with Crippen molar-refractivity contribution in [3.63, 3.8) is 0 Å². The van der Waals surface area contributed by atoms with Crippen molar-refractivity contribution >= 4 is 23.2 Å². The summed E-state index contributed by atoms with van der Waals surface area (Å²) in [5.41, 5.74) is 1.89. The molecule has 1 N–H and O–H groups in total. The number of benzene rings is 2. The molecule has 2 amide bonds. The topological polar surface area (TPSA) is 107 Å². The van der Waals surface area contributed by atoms with E-state index in [-0.39, 0.29) is 23.7 Å². The first kappa shape index (κ1) is 21.9. The number of hydrogen-bond donors (Lipinski definition) is 1. The van der Waals surface area contributed by atoms with Crippen LogP contribution in [0.25, 0.3) is 11.4 Å². The first-order chi connectivity index (χ1) is 16.3. The van der Waals surface area contributed by atoms with E-state index in [1.807, 2.05) is 39.0 Å². The van der Waals surface area contributed by atoms with E-state index in [1.165, 1.54) is 0 Å². The van der Waals surface area contributed by atoms with Gasteiger partial charge in [-0.1, -0.05) is 25.9 Å². The van der Waals surface area contributed by atoms with Crippen LogP contribution in [0.15, 0.2) is 47.0 Å². The molecular formula is C25H26N4O5. The van der Waals surface area contributed by atoms with E-state index in [2.05, 4.69) is 15.5 Å². The smallest absolute Gasteiger partial charge is 0.232 e. The quantitative estimate of drug-likeness (QED) is 0.628. The van der Waals surface area contributed by atoms with Crippen molar-refractivity contribution in [3.8, 4) is 22.9 Å². The minimum atomic E-state index is -0.452. The summed E-state index contributed by atoms with van der Waals surface area (Å²) < 4.78 is 16.5. The number of carbonyl (C=O) groups excluding carboxylic acids is 2. The van der Waals surface area contributed by atoms with E-state index < -0.39 is 5.92 Å². The maximum atomic E-state index is 12.9. The second-order valence-corrected chi connectivity index (χ2v) is 9.47. The number of amides is 2. The summed E-state index contributed by atoms with van der Waals surface area (Å²) in [7, 11) is 0. The van der Waals surface area contributed by atoms with Gasteiger partial charge in [0.2, 0.25) is 23.5 Å². The molecule has 2 aliphatic heterocycles. The van der Waals surface area contributed by atoms with E-state index in [1.54, 1.807) is 29.2 Å². The van der Waals surface area contributed by atoms with E-state index in [0.717, 1.165) is 5.56 Å². The molecule has 1 fully saturated rings. The van der Waals surface area contributed by atoms with Crippen LogP contribution in [0.3, 0.4) is 0 Å². The Bertz CT molecular complexity index is 1230. The van der Waals surface area contributed by atoms with Gasteiger partial charge in [0.05, 0.1) is 5.92 Å². The van der Waals surface area contributed by atoms with Gasteiger partial charge in [-0.3, -0.25) is 9.59 Å². The van der Waals surface area contributed by atoms with E-state index >= 15 is 0 Å². The summed E-state index contributed by atoms with van der Waals surface area (Å²) in [6, 6.07) is 12.6. The first-order valence-electron chi connectivity index (χ1n) is 11.2. The number of aromatic nitrogens is 2. The van der Waals surface area contributed by atoms with Crippen molar-refractivity contribution in [2.45, 2.75) is 32.6 Å². The highest BCUT2D eigenvalue weighted by atomic mass is 16.6. The maximum Gasteiger partial charge on any atom is 0.232 e. The SMILES string of the molecule is CC(C)(C)c1nc(-c2ccc(NC(=O)C3CC(=O)N(c4ccc5c(c4)OCCO5)C3)cc2)no1. The molecule has 176 valence electrons. The average molecular weight is 463 g/mol. The fourth-order valence-electron chi connectivity index (χ4n) is 3.92. The lowest BCUT2D eigenvalue weighted by atomic mass is 9.97. The molecule has 0 aliphatic carbocycles. The first-order valence-corrected chi connectivity index (χ1v) is 11.2. The van der Waals surface area contributed by atoms with Crippen LogP contribution < -0.4 is 19.7 Å². The summed E-state index contributed by atoms with van der Waals surface area (Å²) in [6.07, 6.45) is 0.150. The molecule has 9 heteroatoms. The Morgan fingerprint density at radius 1 is 1.06 bits per heavy atom. The Balaban J connectivity index is 1.23. The fourth-order valence-corrected chi connectivity index (χ4v) is 3.92. The Morgan fingerprint density at radius 3 is 2.50 bits per heavy atom. The second-order valence-electron chi connectivity index (χ2n) is 9.47. The van der Waals surface area contributed by atoms with Crippen LogP contribution in [0, 0.1) is 5.92 Å². The minimum Gasteiger partial charge on any atom is -0.486 e. The second kappa shape index (κ2) is 8.48. The van der Waals surface area contributed by atoms with Crippen LogP contribution in [0.1, 0.15) is 33.1 Å². The lowest BCUT2D eigenvalue weighted by Crippen LogP contribution is -2.28. The number of fused-ring (bicyclic) bond motifs is 1. The van der Waals surface area contributed by atoms with Crippen molar-refractivity contribution in [2.75, 3.05) is 30.0 Å². The Kier molecular flexibility index (Phi) is 5.47. The van der Waals surface area contributed by atoms with Crippen LogP contribution in [-0.4, -0.2) is 41.7 Å². The Hall–Kier alpha value is -3.88. The summed E-state index contributed by atoms with van der Waals surface area (Å²) >= 11 is 0.